The number of hydrogen-bond donors (Lipinski definition) is 2. The number of unbranched alkanes of at least 4 members (excludes halogenated alkanes) is 1. The maximum atomic E-state index is 12.5. The highest BCUT2D eigenvalue weighted by Crippen LogP contribution is 2.20. The predicted octanol–water partition coefficient (Wildman–Crippen LogP) is 3.30. The van der Waals surface area contributed by atoms with Gasteiger partial charge in [-0.15, -0.1) is 0 Å². The zero-order valence-electron chi connectivity index (χ0n) is 16.2. The van der Waals surface area contributed by atoms with Crippen LogP contribution < -0.4 is 15.5 Å². The second-order valence-corrected chi connectivity index (χ2v) is 7.00. The third kappa shape index (κ3) is 5.44. The summed E-state index contributed by atoms with van der Waals surface area (Å²) in [5, 5.41) is 6.22. The Labute approximate surface area is 161 Å². The lowest BCUT2D eigenvalue weighted by molar-refractivity contribution is 0.102. The van der Waals surface area contributed by atoms with Crippen LogP contribution in [0, 0.1) is 0 Å². The maximum Gasteiger partial charge on any atom is 0.255 e. The Bertz CT molecular complexity index is 738. The topological polar surface area (TPSA) is 60.5 Å². The molecule has 6 heteroatoms. The summed E-state index contributed by atoms with van der Waals surface area (Å²) in [5.41, 5.74) is 2.61. The Balaban J connectivity index is 1.58. The highest BCUT2D eigenvalue weighted by molar-refractivity contribution is 6.04. The van der Waals surface area contributed by atoms with E-state index in [-0.39, 0.29) is 5.91 Å². The van der Waals surface area contributed by atoms with Gasteiger partial charge in [0.15, 0.2) is 0 Å². The first kappa shape index (κ1) is 19.2. The van der Waals surface area contributed by atoms with E-state index >= 15 is 0 Å². The van der Waals surface area contributed by atoms with E-state index in [1.54, 1.807) is 18.3 Å². The summed E-state index contributed by atoms with van der Waals surface area (Å²) in [6, 6.07) is 11.6. The average molecular weight is 367 g/mol. The molecule has 6 nitrogen and oxygen atoms in total. The Morgan fingerprint density at radius 1 is 1.11 bits per heavy atom. The molecule has 1 aliphatic heterocycles. The van der Waals surface area contributed by atoms with Gasteiger partial charge in [-0.3, -0.25) is 4.79 Å². The van der Waals surface area contributed by atoms with Gasteiger partial charge in [0.2, 0.25) is 0 Å². The third-order valence-corrected chi connectivity index (χ3v) is 4.85. The first-order valence-electron chi connectivity index (χ1n) is 9.70. The molecule has 0 spiro atoms. The quantitative estimate of drug-likeness (QED) is 0.736. The van der Waals surface area contributed by atoms with E-state index in [4.69, 9.17) is 0 Å². The molecule has 0 bridgehead atoms. The number of nitrogens with zero attached hydrogens (tertiary/aromatic N) is 3. The van der Waals surface area contributed by atoms with Crippen molar-refractivity contribution in [2.75, 3.05) is 55.3 Å². The average Bonchev–Trinajstić information content (AvgIpc) is 2.70. The molecule has 1 aromatic carbocycles. The predicted molar refractivity (Wildman–Crippen MR) is 112 cm³/mol. The van der Waals surface area contributed by atoms with Crippen LogP contribution in [0.3, 0.4) is 0 Å². The zero-order valence-corrected chi connectivity index (χ0v) is 16.2. The van der Waals surface area contributed by atoms with Crippen molar-refractivity contribution in [1.29, 1.82) is 0 Å². The van der Waals surface area contributed by atoms with Crippen molar-refractivity contribution in [1.82, 2.24) is 9.88 Å². The number of carbonyl (C=O) groups is 1. The number of rotatable bonds is 7. The molecular formula is C21H29N5O. The maximum absolute atomic E-state index is 12.5. The molecule has 1 saturated heterocycles. The summed E-state index contributed by atoms with van der Waals surface area (Å²) in [6.45, 7) is 7.24. The van der Waals surface area contributed by atoms with Crippen LogP contribution in [0.5, 0.6) is 0 Å². The molecule has 144 valence electrons. The molecule has 0 atom stereocenters. The molecule has 0 saturated carbocycles. The lowest BCUT2D eigenvalue weighted by Crippen LogP contribution is -2.44. The molecule has 1 aromatic heterocycles. The molecular weight excluding hydrogens is 338 g/mol. The smallest absolute Gasteiger partial charge is 0.255 e. The molecule has 2 heterocycles. The van der Waals surface area contributed by atoms with Gasteiger partial charge in [-0.2, -0.15) is 0 Å². The Morgan fingerprint density at radius 2 is 1.85 bits per heavy atom. The number of benzene rings is 1. The largest absolute Gasteiger partial charge is 0.370 e. The van der Waals surface area contributed by atoms with Crippen molar-refractivity contribution in [3.05, 3.63) is 48.2 Å². The van der Waals surface area contributed by atoms with E-state index < -0.39 is 0 Å². The van der Waals surface area contributed by atoms with Crippen LogP contribution in [0.4, 0.5) is 17.2 Å². The minimum absolute atomic E-state index is 0.122. The molecule has 1 amide bonds. The number of likely N-dealkylation sites (N-methyl/N-ethyl adjacent to an activating group) is 1. The van der Waals surface area contributed by atoms with Gasteiger partial charge in [-0.25, -0.2) is 4.98 Å². The van der Waals surface area contributed by atoms with Gasteiger partial charge in [0.05, 0.1) is 0 Å². The van der Waals surface area contributed by atoms with Crippen LogP contribution in [0.25, 0.3) is 0 Å². The van der Waals surface area contributed by atoms with Gasteiger partial charge in [-0.1, -0.05) is 13.3 Å². The number of amides is 1. The van der Waals surface area contributed by atoms with Crippen LogP contribution in [0.1, 0.15) is 30.1 Å². The molecule has 27 heavy (non-hydrogen) atoms. The van der Waals surface area contributed by atoms with Crippen molar-refractivity contribution < 1.29 is 4.79 Å². The van der Waals surface area contributed by atoms with E-state index in [0.717, 1.165) is 57.1 Å². The van der Waals surface area contributed by atoms with Gasteiger partial charge in [0.25, 0.3) is 5.91 Å². The summed E-state index contributed by atoms with van der Waals surface area (Å²) in [7, 11) is 2.15. The SMILES string of the molecule is CCCCNc1cc(C(=O)Nc2ccc(N3CCN(C)CC3)cc2)ccn1. The summed E-state index contributed by atoms with van der Waals surface area (Å²) in [5.74, 6) is 0.616. The van der Waals surface area contributed by atoms with Gasteiger partial charge < -0.3 is 20.4 Å². The molecule has 1 fully saturated rings. The van der Waals surface area contributed by atoms with Crippen molar-refractivity contribution in [2.45, 2.75) is 19.8 Å². The Morgan fingerprint density at radius 3 is 2.56 bits per heavy atom. The van der Waals surface area contributed by atoms with Crippen molar-refractivity contribution in [3.8, 4) is 0 Å². The summed E-state index contributed by atoms with van der Waals surface area (Å²) >= 11 is 0. The summed E-state index contributed by atoms with van der Waals surface area (Å²) in [6.07, 6.45) is 3.87. The monoisotopic (exact) mass is 367 g/mol. The van der Waals surface area contributed by atoms with Crippen LogP contribution in [0.2, 0.25) is 0 Å². The first-order chi connectivity index (χ1) is 13.2. The fourth-order valence-corrected chi connectivity index (χ4v) is 3.09. The standard InChI is InChI=1S/C21H29N5O/c1-3-4-10-22-20-16-17(9-11-23-20)21(27)24-18-5-7-19(8-6-18)26-14-12-25(2)13-15-26/h5-9,11,16H,3-4,10,12-15H2,1-2H3,(H,22,23)(H,24,27). The molecule has 2 aromatic rings. The number of nitrogens with one attached hydrogen (secondary N) is 2. The lowest BCUT2D eigenvalue weighted by atomic mass is 10.2. The summed E-state index contributed by atoms with van der Waals surface area (Å²) in [4.78, 5) is 21.5. The highest BCUT2D eigenvalue weighted by Gasteiger charge is 2.14. The second kappa shape index (κ2) is 9.37. The first-order valence-corrected chi connectivity index (χ1v) is 9.70. The van der Waals surface area contributed by atoms with Crippen molar-refractivity contribution in [2.24, 2.45) is 0 Å². The normalized spacial score (nSPS) is 14.8. The van der Waals surface area contributed by atoms with E-state index in [2.05, 4.69) is 51.5 Å². The van der Waals surface area contributed by atoms with Gasteiger partial charge in [-0.05, 0) is 49.9 Å². The van der Waals surface area contributed by atoms with Gasteiger partial charge >= 0.3 is 0 Å². The third-order valence-electron chi connectivity index (χ3n) is 4.85. The number of carbonyl (C=O) groups excluding carboxylic acids is 1. The van der Waals surface area contributed by atoms with E-state index in [1.165, 1.54) is 5.69 Å². The molecule has 3 rings (SSSR count). The molecule has 0 aliphatic carbocycles. The van der Waals surface area contributed by atoms with Crippen LogP contribution in [-0.2, 0) is 0 Å². The second-order valence-electron chi connectivity index (χ2n) is 7.00. The number of anilines is 3. The van der Waals surface area contributed by atoms with E-state index in [0.29, 0.717) is 5.56 Å². The minimum Gasteiger partial charge on any atom is -0.370 e. The van der Waals surface area contributed by atoms with Crippen LogP contribution in [-0.4, -0.2) is 55.6 Å². The van der Waals surface area contributed by atoms with E-state index in [9.17, 15) is 4.79 Å². The van der Waals surface area contributed by atoms with Crippen LogP contribution in [0.15, 0.2) is 42.6 Å². The number of piperazine rings is 1. The van der Waals surface area contributed by atoms with Gasteiger partial charge in [0, 0.05) is 55.9 Å². The molecule has 1 aliphatic rings. The Hall–Kier alpha value is -2.60. The molecule has 0 unspecified atom stereocenters. The molecule has 2 N–H and O–H groups in total. The van der Waals surface area contributed by atoms with Crippen molar-refractivity contribution in [3.63, 3.8) is 0 Å². The number of hydrogen-bond acceptors (Lipinski definition) is 5. The van der Waals surface area contributed by atoms with Crippen LogP contribution >= 0.6 is 0 Å². The highest BCUT2D eigenvalue weighted by atomic mass is 16.1. The fourth-order valence-electron chi connectivity index (χ4n) is 3.09. The lowest BCUT2D eigenvalue weighted by Gasteiger charge is -2.34. The number of aromatic nitrogens is 1. The van der Waals surface area contributed by atoms with E-state index in [1.807, 2.05) is 12.1 Å². The Kier molecular flexibility index (Phi) is 6.65. The molecule has 0 radical (unpaired) electrons. The zero-order chi connectivity index (χ0) is 19.1. The fraction of sp³-hybridized carbons (Fsp3) is 0.429. The minimum atomic E-state index is -0.122. The summed E-state index contributed by atoms with van der Waals surface area (Å²) < 4.78 is 0. The van der Waals surface area contributed by atoms with Gasteiger partial charge in [0.1, 0.15) is 5.82 Å². The van der Waals surface area contributed by atoms with Crippen molar-refractivity contribution >= 4 is 23.1 Å². The number of pyridine rings is 1.